The number of hydrogen-bond acceptors (Lipinski definition) is 8. The molecule has 2 unspecified atom stereocenters. The van der Waals surface area contributed by atoms with E-state index in [1.54, 1.807) is 12.1 Å². The molecule has 5 aromatic rings. The first-order valence-electron chi connectivity index (χ1n) is 15.2. The summed E-state index contributed by atoms with van der Waals surface area (Å²) in [5.74, 6) is -0.474. The first kappa shape index (κ1) is 27.9. The Morgan fingerprint density at radius 1 is 0.682 bits per heavy atom. The van der Waals surface area contributed by atoms with Crippen molar-refractivity contribution in [2.24, 2.45) is 0 Å². The van der Waals surface area contributed by atoms with Crippen molar-refractivity contribution in [2.45, 2.75) is 26.1 Å². The number of morpholine rings is 1. The van der Waals surface area contributed by atoms with E-state index in [4.69, 9.17) is 9.57 Å². The van der Waals surface area contributed by atoms with Crippen LogP contribution in [0.5, 0.6) is 0 Å². The predicted octanol–water partition coefficient (Wildman–Crippen LogP) is 5.31. The van der Waals surface area contributed by atoms with Crippen LogP contribution >= 0.6 is 0 Å². The molecular formula is C35H36N6O3. The minimum atomic E-state index is -0.474. The molecule has 0 saturated carbocycles. The SMILES string of the molecule is CC1CN(c2ccc(-c3ccc(N4CCN(c5ccc(C(=O)On6nnc7ccccc76)cc5)CC4)cc3)cc2)CC(C)O1. The quantitative estimate of drug-likeness (QED) is 0.247. The van der Waals surface area contributed by atoms with Crippen molar-refractivity contribution in [3.05, 3.63) is 103 Å². The largest absolute Gasteiger partial charge is 0.372 e. The van der Waals surface area contributed by atoms with Crippen LogP contribution in [0.2, 0.25) is 0 Å². The van der Waals surface area contributed by atoms with Crippen LogP contribution in [0.15, 0.2) is 97.1 Å². The summed E-state index contributed by atoms with van der Waals surface area (Å²) in [6.07, 6.45) is 0.495. The van der Waals surface area contributed by atoms with E-state index in [-0.39, 0.29) is 12.2 Å². The van der Waals surface area contributed by atoms with Gasteiger partial charge in [-0.2, -0.15) is 0 Å². The number of piperazine rings is 1. The second kappa shape index (κ2) is 12.0. The minimum Gasteiger partial charge on any atom is -0.372 e. The fourth-order valence-corrected chi connectivity index (χ4v) is 6.20. The minimum absolute atomic E-state index is 0.248. The lowest BCUT2D eigenvalue weighted by Gasteiger charge is -2.37. The van der Waals surface area contributed by atoms with Crippen molar-refractivity contribution in [2.75, 3.05) is 54.0 Å². The van der Waals surface area contributed by atoms with Crippen molar-refractivity contribution >= 4 is 34.1 Å². The lowest BCUT2D eigenvalue weighted by atomic mass is 10.0. The van der Waals surface area contributed by atoms with Crippen molar-refractivity contribution < 1.29 is 14.4 Å². The highest BCUT2D eigenvalue weighted by Gasteiger charge is 2.23. The van der Waals surface area contributed by atoms with Crippen molar-refractivity contribution in [3.63, 3.8) is 0 Å². The van der Waals surface area contributed by atoms with Gasteiger partial charge in [-0.25, -0.2) is 4.79 Å². The molecule has 3 heterocycles. The molecule has 0 aliphatic carbocycles. The lowest BCUT2D eigenvalue weighted by molar-refractivity contribution is -0.00522. The predicted molar refractivity (Wildman–Crippen MR) is 173 cm³/mol. The number of benzene rings is 4. The van der Waals surface area contributed by atoms with Gasteiger partial charge in [-0.05, 0) is 90.9 Å². The number of aromatic nitrogens is 3. The van der Waals surface area contributed by atoms with Gasteiger partial charge in [-0.3, -0.25) is 0 Å². The Bertz CT molecular complexity index is 1720. The summed E-state index contributed by atoms with van der Waals surface area (Å²) in [5, 5.41) is 7.96. The van der Waals surface area contributed by atoms with E-state index in [2.05, 4.69) is 87.4 Å². The van der Waals surface area contributed by atoms with Gasteiger partial charge in [0.2, 0.25) is 0 Å². The van der Waals surface area contributed by atoms with E-state index in [0.717, 1.165) is 45.0 Å². The zero-order valence-corrected chi connectivity index (χ0v) is 25.0. The molecule has 4 aromatic carbocycles. The van der Waals surface area contributed by atoms with Gasteiger partial charge >= 0.3 is 5.97 Å². The Kier molecular flexibility index (Phi) is 7.62. The van der Waals surface area contributed by atoms with Crippen LogP contribution in [-0.4, -0.2) is 72.6 Å². The molecule has 0 spiro atoms. The maximum Gasteiger partial charge on any atom is 0.365 e. The molecule has 7 rings (SSSR count). The van der Waals surface area contributed by atoms with Crippen LogP contribution in [0.25, 0.3) is 22.2 Å². The van der Waals surface area contributed by atoms with Gasteiger partial charge in [0.05, 0.1) is 17.8 Å². The first-order valence-corrected chi connectivity index (χ1v) is 15.2. The molecule has 2 saturated heterocycles. The average Bonchev–Trinajstić information content (AvgIpc) is 3.47. The molecular weight excluding hydrogens is 552 g/mol. The maximum absolute atomic E-state index is 12.7. The third-order valence-corrected chi connectivity index (χ3v) is 8.46. The van der Waals surface area contributed by atoms with Crippen molar-refractivity contribution in [1.29, 1.82) is 0 Å². The molecule has 0 N–H and O–H groups in total. The Labute approximate surface area is 257 Å². The molecule has 9 nitrogen and oxygen atoms in total. The molecule has 0 bridgehead atoms. The smallest absolute Gasteiger partial charge is 0.365 e. The molecule has 0 amide bonds. The van der Waals surface area contributed by atoms with Crippen LogP contribution in [0.4, 0.5) is 17.1 Å². The molecule has 2 aliphatic heterocycles. The Morgan fingerprint density at radius 3 is 1.75 bits per heavy atom. The summed E-state index contributed by atoms with van der Waals surface area (Å²) in [6, 6.07) is 32.7. The number of carbonyl (C=O) groups is 1. The van der Waals surface area contributed by atoms with E-state index in [0.29, 0.717) is 16.6 Å². The topological polar surface area (TPSA) is 76.0 Å². The van der Waals surface area contributed by atoms with E-state index >= 15 is 0 Å². The number of ether oxygens (including phenoxy) is 1. The fourth-order valence-electron chi connectivity index (χ4n) is 6.20. The Hall–Kier alpha value is -4.89. The van der Waals surface area contributed by atoms with Gasteiger partial charge in [0.15, 0.2) is 0 Å². The highest BCUT2D eigenvalue weighted by molar-refractivity contribution is 5.90. The summed E-state index contributed by atoms with van der Waals surface area (Å²) >= 11 is 0. The number of nitrogens with zero attached hydrogens (tertiary/aromatic N) is 6. The fraction of sp³-hybridized carbons (Fsp3) is 0.286. The summed E-state index contributed by atoms with van der Waals surface area (Å²) in [4.78, 5) is 26.5. The maximum atomic E-state index is 12.7. The van der Waals surface area contributed by atoms with E-state index in [1.165, 1.54) is 27.3 Å². The second-order valence-electron chi connectivity index (χ2n) is 11.6. The standard InChI is InChI=1S/C35H36N6O3/c1-25-23-40(24-26(2)43-25)32-15-9-28(10-16-32)27-7-13-30(14-8-27)38-19-21-39(22-20-38)31-17-11-29(12-18-31)35(42)44-41-34-6-4-3-5-33(34)36-37-41/h3-18,25-26H,19-24H2,1-2H3. The van der Waals surface area contributed by atoms with Gasteiger partial charge in [-0.15, -0.1) is 5.10 Å². The monoisotopic (exact) mass is 588 g/mol. The lowest BCUT2D eigenvalue weighted by Crippen LogP contribution is -2.46. The third-order valence-electron chi connectivity index (χ3n) is 8.46. The highest BCUT2D eigenvalue weighted by atomic mass is 16.7. The summed E-state index contributed by atoms with van der Waals surface area (Å²) in [5.41, 5.74) is 7.80. The van der Waals surface area contributed by atoms with E-state index in [9.17, 15) is 4.79 Å². The third kappa shape index (κ3) is 5.83. The zero-order chi connectivity index (χ0) is 30.0. The highest BCUT2D eigenvalue weighted by Crippen LogP contribution is 2.28. The number of hydrogen-bond donors (Lipinski definition) is 0. The number of rotatable bonds is 6. The van der Waals surface area contributed by atoms with Crippen LogP contribution in [0.3, 0.4) is 0 Å². The Morgan fingerprint density at radius 2 is 1.18 bits per heavy atom. The molecule has 2 fully saturated rings. The molecule has 2 atom stereocenters. The normalized spacial score (nSPS) is 18.9. The van der Waals surface area contributed by atoms with E-state index < -0.39 is 5.97 Å². The molecule has 224 valence electrons. The molecule has 9 heteroatoms. The van der Waals surface area contributed by atoms with Crippen LogP contribution in [0.1, 0.15) is 24.2 Å². The van der Waals surface area contributed by atoms with Gasteiger partial charge in [0.1, 0.15) is 11.0 Å². The van der Waals surface area contributed by atoms with Gasteiger partial charge in [0.25, 0.3) is 0 Å². The average molecular weight is 589 g/mol. The molecule has 1 aromatic heterocycles. The van der Waals surface area contributed by atoms with Crippen LogP contribution in [-0.2, 0) is 4.74 Å². The van der Waals surface area contributed by atoms with Gasteiger partial charge in [-0.1, -0.05) is 41.2 Å². The van der Waals surface area contributed by atoms with Crippen LogP contribution in [0, 0.1) is 0 Å². The van der Waals surface area contributed by atoms with Crippen molar-refractivity contribution in [1.82, 2.24) is 15.2 Å². The molecule has 0 radical (unpaired) electrons. The zero-order valence-electron chi connectivity index (χ0n) is 25.0. The van der Waals surface area contributed by atoms with Crippen LogP contribution < -0.4 is 19.5 Å². The van der Waals surface area contributed by atoms with Crippen molar-refractivity contribution in [3.8, 4) is 11.1 Å². The van der Waals surface area contributed by atoms with Gasteiger partial charge < -0.3 is 24.3 Å². The number of carbonyl (C=O) groups excluding carboxylic acids is 1. The van der Waals surface area contributed by atoms with E-state index in [1.807, 2.05) is 36.4 Å². The van der Waals surface area contributed by atoms with Gasteiger partial charge in [0, 0.05) is 56.3 Å². The molecule has 44 heavy (non-hydrogen) atoms. The summed E-state index contributed by atoms with van der Waals surface area (Å²) < 4.78 is 5.89. The Balaban J connectivity index is 0.931. The number of anilines is 3. The number of para-hydroxylation sites is 1. The summed E-state index contributed by atoms with van der Waals surface area (Å²) in [7, 11) is 0. The second-order valence-corrected chi connectivity index (χ2v) is 11.6. The number of fused-ring (bicyclic) bond motifs is 1. The molecule has 2 aliphatic rings. The first-order chi connectivity index (χ1) is 21.5. The summed E-state index contributed by atoms with van der Waals surface area (Å²) in [6.45, 7) is 9.77.